The van der Waals surface area contributed by atoms with Crippen LogP contribution in [0, 0.1) is 5.41 Å². The summed E-state index contributed by atoms with van der Waals surface area (Å²) < 4.78 is 2.36. The summed E-state index contributed by atoms with van der Waals surface area (Å²) in [6.45, 7) is 8.19. The number of fused-ring (bicyclic) bond motifs is 1. The van der Waals surface area contributed by atoms with E-state index >= 15 is 0 Å². The van der Waals surface area contributed by atoms with E-state index in [0.29, 0.717) is 11.9 Å². The van der Waals surface area contributed by atoms with Gasteiger partial charge in [-0.05, 0) is 82.8 Å². The van der Waals surface area contributed by atoms with E-state index in [0.717, 1.165) is 75.7 Å². The molecule has 2 atom stereocenters. The zero-order valence-corrected chi connectivity index (χ0v) is 18.4. The van der Waals surface area contributed by atoms with E-state index in [1.165, 1.54) is 11.2 Å². The van der Waals surface area contributed by atoms with Gasteiger partial charge in [0.25, 0.3) is 0 Å². The minimum atomic E-state index is 0.0997. The topological polar surface area (TPSA) is 78.3 Å². The van der Waals surface area contributed by atoms with E-state index in [1.54, 1.807) is 0 Å². The number of nitrogens with one attached hydrogen (secondary N) is 1. The van der Waals surface area contributed by atoms with Crippen molar-refractivity contribution in [1.29, 1.82) is 5.41 Å². The molecule has 2 aliphatic heterocycles. The maximum absolute atomic E-state index is 13.3. The molecule has 0 aliphatic carbocycles. The van der Waals surface area contributed by atoms with Crippen molar-refractivity contribution in [2.45, 2.75) is 71.0 Å². The molecule has 0 radical (unpaired) electrons. The fraction of sp³-hybridized carbons (Fsp3) is 0.583. The first-order valence-electron chi connectivity index (χ1n) is 11.5. The van der Waals surface area contributed by atoms with Crippen molar-refractivity contribution in [3.8, 4) is 0 Å². The number of nitrogen functional groups attached to an aromatic ring is 1. The van der Waals surface area contributed by atoms with E-state index in [1.807, 2.05) is 12.1 Å². The summed E-state index contributed by atoms with van der Waals surface area (Å²) in [5.41, 5.74) is 8.95. The molecule has 162 valence electrons. The first-order chi connectivity index (χ1) is 14.5. The normalized spacial score (nSPS) is 22.3. The van der Waals surface area contributed by atoms with Gasteiger partial charge in [-0.15, -0.1) is 0 Å². The molecule has 0 unspecified atom stereocenters. The summed E-state index contributed by atoms with van der Waals surface area (Å²) in [6.07, 6.45) is 6.37. The van der Waals surface area contributed by atoms with Gasteiger partial charge >= 0.3 is 0 Å². The summed E-state index contributed by atoms with van der Waals surface area (Å²) in [7, 11) is 0. The highest BCUT2D eigenvalue weighted by atomic mass is 16.2. The zero-order chi connectivity index (χ0) is 21.3. The number of nitrogens with two attached hydrogens (primary N) is 1. The minimum Gasteiger partial charge on any atom is -0.384 e. The molecule has 1 amide bonds. The maximum Gasteiger partial charge on any atom is 0.240 e. The predicted octanol–water partition coefficient (Wildman–Crippen LogP) is 3.35. The van der Waals surface area contributed by atoms with Crippen molar-refractivity contribution < 1.29 is 4.79 Å². The van der Waals surface area contributed by atoms with Crippen molar-refractivity contribution >= 4 is 22.6 Å². The Labute approximate surface area is 179 Å². The SMILES string of the molecule is CCN1CCC[C@@H]1C(=O)N1CCC[C@H]1CCc1cc2cc(C(=N)N)ccc2n1CC. The lowest BCUT2D eigenvalue weighted by Crippen LogP contribution is -2.47. The van der Waals surface area contributed by atoms with Crippen LogP contribution in [0.2, 0.25) is 0 Å². The number of carbonyl (C=O) groups is 1. The number of likely N-dealkylation sites (tertiary alicyclic amines) is 2. The van der Waals surface area contributed by atoms with Crippen LogP contribution in [0.3, 0.4) is 0 Å². The monoisotopic (exact) mass is 409 g/mol. The highest BCUT2D eigenvalue weighted by Crippen LogP contribution is 2.28. The third-order valence-electron chi connectivity index (χ3n) is 7.06. The van der Waals surface area contributed by atoms with Gasteiger partial charge in [0.15, 0.2) is 0 Å². The molecular formula is C24H35N5O. The molecule has 1 aromatic carbocycles. The first kappa shape index (κ1) is 20.9. The standard InChI is InChI=1S/C24H35N5O/c1-3-27-13-6-8-22(27)24(30)29-14-5-7-19(29)10-11-20-16-18-15-17(23(25)26)9-12-21(18)28(20)4-2/h9,12,15-16,19,22H,3-8,10-11,13-14H2,1-2H3,(H3,25,26)/t19-,22+/m0/s1. The van der Waals surface area contributed by atoms with Crippen molar-refractivity contribution in [2.75, 3.05) is 19.6 Å². The van der Waals surface area contributed by atoms with E-state index in [4.69, 9.17) is 11.1 Å². The summed E-state index contributed by atoms with van der Waals surface area (Å²) in [5.74, 6) is 0.467. The molecule has 6 heteroatoms. The maximum atomic E-state index is 13.3. The highest BCUT2D eigenvalue weighted by Gasteiger charge is 2.37. The molecule has 0 saturated carbocycles. The van der Waals surface area contributed by atoms with Gasteiger partial charge in [-0.1, -0.05) is 6.92 Å². The van der Waals surface area contributed by atoms with E-state index in [9.17, 15) is 4.79 Å². The fourth-order valence-electron chi connectivity index (χ4n) is 5.49. The largest absolute Gasteiger partial charge is 0.384 e. The molecule has 2 aromatic rings. The Morgan fingerprint density at radius 3 is 2.67 bits per heavy atom. The number of likely N-dealkylation sites (N-methyl/N-ethyl adjacent to an activating group) is 1. The number of amidine groups is 1. The summed E-state index contributed by atoms with van der Waals surface area (Å²) in [5, 5.41) is 8.84. The Hall–Kier alpha value is -2.34. The number of carbonyl (C=O) groups excluding carboxylic acids is 1. The average molecular weight is 410 g/mol. The third kappa shape index (κ3) is 3.85. The van der Waals surface area contributed by atoms with Gasteiger partial charge < -0.3 is 15.2 Å². The Balaban J connectivity index is 1.49. The van der Waals surface area contributed by atoms with Crippen LogP contribution in [0.5, 0.6) is 0 Å². The number of nitrogens with zero attached hydrogens (tertiary/aromatic N) is 3. The molecule has 3 heterocycles. The van der Waals surface area contributed by atoms with Crippen LogP contribution in [0.1, 0.15) is 57.2 Å². The smallest absolute Gasteiger partial charge is 0.240 e. The predicted molar refractivity (Wildman–Crippen MR) is 122 cm³/mol. The molecule has 1 aromatic heterocycles. The molecule has 2 fully saturated rings. The molecule has 0 spiro atoms. The van der Waals surface area contributed by atoms with Crippen molar-refractivity contribution in [3.63, 3.8) is 0 Å². The number of benzene rings is 1. The van der Waals surface area contributed by atoms with E-state index < -0.39 is 0 Å². The summed E-state index contributed by atoms with van der Waals surface area (Å²) in [6, 6.07) is 8.71. The van der Waals surface area contributed by atoms with Crippen LogP contribution in [0.25, 0.3) is 10.9 Å². The molecule has 0 bridgehead atoms. The molecular weight excluding hydrogens is 374 g/mol. The lowest BCUT2D eigenvalue weighted by atomic mass is 10.1. The van der Waals surface area contributed by atoms with Gasteiger partial charge in [0.05, 0.1) is 6.04 Å². The van der Waals surface area contributed by atoms with Gasteiger partial charge in [0, 0.05) is 41.3 Å². The van der Waals surface area contributed by atoms with Crippen LogP contribution >= 0.6 is 0 Å². The lowest BCUT2D eigenvalue weighted by molar-refractivity contribution is -0.136. The molecule has 30 heavy (non-hydrogen) atoms. The molecule has 4 rings (SSSR count). The Kier molecular flexibility index (Phi) is 6.14. The summed E-state index contributed by atoms with van der Waals surface area (Å²) in [4.78, 5) is 17.8. The van der Waals surface area contributed by atoms with Gasteiger partial charge in [-0.25, -0.2) is 0 Å². The second kappa shape index (κ2) is 8.80. The Morgan fingerprint density at radius 1 is 1.13 bits per heavy atom. The van der Waals surface area contributed by atoms with Crippen LogP contribution < -0.4 is 5.73 Å². The molecule has 6 nitrogen and oxygen atoms in total. The lowest BCUT2D eigenvalue weighted by Gasteiger charge is -2.31. The second-order valence-corrected chi connectivity index (χ2v) is 8.72. The Bertz CT molecular complexity index is 933. The number of rotatable bonds is 7. The van der Waals surface area contributed by atoms with Crippen LogP contribution in [0.15, 0.2) is 24.3 Å². The minimum absolute atomic E-state index is 0.0997. The van der Waals surface area contributed by atoms with Gasteiger partial charge in [0.1, 0.15) is 5.84 Å². The fourth-order valence-corrected chi connectivity index (χ4v) is 5.49. The number of aromatic nitrogens is 1. The number of hydrogen-bond acceptors (Lipinski definition) is 3. The van der Waals surface area contributed by atoms with Crippen LogP contribution in [0.4, 0.5) is 0 Å². The quantitative estimate of drug-likeness (QED) is 0.544. The summed E-state index contributed by atoms with van der Waals surface area (Å²) >= 11 is 0. The molecule has 2 aliphatic rings. The molecule has 2 saturated heterocycles. The van der Waals surface area contributed by atoms with Gasteiger partial charge in [0.2, 0.25) is 5.91 Å². The highest BCUT2D eigenvalue weighted by molar-refractivity contribution is 5.98. The number of amides is 1. The van der Waals surface area contributed by atoms with Crippen LogP contribution in [-0.4, -0.2) is 57.8 Å². The molecule has 3 N–H and O–H groups in total. The first-order valence-corrected chi connectivity index (χ1v) is 11.5. The van der Waals surface area contributed by atoms with Crippen molar-refractivity contribution in [1.82, 2.24) is 14.4 Å². The van der Waals surface area contributed by atoms with Crippen molar-refractivity contribution in [2.24, 2.45) is 5.73 Å². The van der Waals surface area contributed by atoms with Crippen molar-refractivity contribution in [3.05, 3.63) is 35.5 Å². The zero-order valence-electron chi connectivity index (χ0n) is 18.4. The van der Waals surface area contributed by atoms with Gasteiger partial charge in [-0.3, -0.25) is 15.1 Å². The Morgan fingerprint density at radius 2 is 1.93 bits per heavy atom. The second-order valence-electron chi connectivity index (χ2n) is 8.72. The number of hydrogen-bond donors (Lipinski definition) is 2. The number of aryl methyl sites for hydroxylation is 2. The van der Waals surface area contributed by atoms with E-state index in [-0.39, 0.29) is 11.9 Å². The van der Waals surface area contributed by atoms with E-state index in [2.05, 4.69) is 40.3 Å². The van der Waals surface area contributed by atoms with Crippen LogP contribution in [-0.2, 0) is 17.8 Å². The average Bonchev–Trinajstić information content (AvgIpc) is 3.48. The third-order valence-corrected chi connectivity index (χ3v) is 7.06. The van der Waals surface area contributed by atoms with Gasteiger partial charge in [-0.2, -0.15) is 0 Å².